The third-order valence-corrected chi connectivity index (χ3v) is 3.71. The number of nitrogens with one attached hydrogen (secondary N) is 1. The molecule has 0 unspecified atom stereocenters. The quantitative estimate of drug-likeness (QED) is 0.899. The summed E-state index contributed by atoms with van der Waals surface area (Å²) in [4.78, 5) is 10.3. The van der Waals surface area contributed by atoms with Gasteiger partial charge in [0.25, 0.3) is 0 Å². The number of thiazole rings is 1. The molecule has 96 valence electrons. The van der Waals surface area contributed by atoms with Gasteiger partial charge in [-0.1, -0.05) is 6.07 Å². The maximum absolute atomic E-state index is 5.19. The number of aromatic nitrogens is 2. The smallest absolute Gasteiger partial charge is 0.142 e. The molecule has 2 heterocycles. The number of methoxy groups -OCH3 is 1. The fourth-order valence-electron chi connectivity index (χ4n) is 1.74. The van der Waals surface area contributed by atoms with Gasteiger partial charge in [-0.25, -0.2) is 4.98 Å². The molecule has 0 radical (unpaired) electrons. The van der Waals surface area contributed by atoms with E-state index in [2.05, 4.69) is 28.3 Å². The first-order chi connectivity index (χ1) is 8.76. The molecule has 0 aliphatic carbocycles. The van der Waals surface area contributed by atoms with Gasteiger partial charge in [-0.05, 0) is 25.6 Å². The van der Waals surface area contributed by atoms with Crippen molar-refractivity contribution >= 4 is 11.3 Å². The lowest BCUT2D eigenvalue weighted by Gasteiger charge is -1.99. The van der Waals surface area contributed by atoms with Crippen LogP contribution in [0.5, 0.6) is 0 Å². The van der Waals surface area contributed by atoms with E-state index >= 15 is 0 Å². The summed E-state index contributed by atoms with van der Waals surface area (Å²) >= 11 is 1.68. The predicted octanol–water partition coefficient (Wildman–Crippen LogP) is 2.38. The Kier molecular flexibility index (Phi) is 4.41. The Morgan fingerprint density at radius 1 is 1.44 bits per heavy atom. The Morgan fingerprint density at radius 3 is 2.94 bits per heavy atom. The highest BCUT2D eigenvalue weighted by Gasteiger charge is 2.14. The van der Waals surface area contributed by atoms with Crippen molar-refractivity contribution in [3.63, 3.8) is 0 Å². The summed E-state index contributed by atoms with van der Waals surface area (Å²) < 4.78 is 5.19. The van der Waals surface area contributed by atoms with Gasteiger partial charge in [0.1, 0.15) is 10.7 Å². The van der Waals surface area contributed by atoms with E-state index in [9.17, 15) is 0 Å². The van der Waals surface area contributed by atoms with Gasteiger partial charge in [-0.2, -0.15) is 0 Å². The van der Waals surface area contributed by atoms with Crippen molar-refractivity contribution in [2.75, 3.05) is 14.2 Å². The Morgan fingerprint density at radius 2 is 2.28 bits per heavy atom. The fraction of sp³-hybridized carbons (Fsp3) is 0.385. The maximum atomic E-state index is 5.19. The van der Waals surface area contributed by atoms with Crippen LogP contribution in [0.3, 0.4) is 0 Å². The molecule has 5 heteroatoms. The maximum Gasteiger partial charge on any atom is 0.142 e. The lowest BCUT2D eigenvalue weighted by Crippen LogP contribution is -2.06. The van der Waals surface area contributed by atoms with E-state index in [4.69, 9.17) is 4.74 Å². The normalized spacial score (nSPS) is 10.8. The first-order valence-electron chi connectivity index (χ1n) is 5.80. The molecule has 0 spiro atoms. The van der Waals surface area contributed by atoms with Gasteiger partial charge in [-0.15, -0.1) is 11.3 Å². The standard InChI is InChI=1S/C13H17N3OS/c1-9-5-4-6-15-12(9)13-16-10(8-17-3)11(18-13)7-14-2/h4-6,14H,7-8H2,1-3H3. The van der Waals surface area contributed by atoms with E-state index in [0.717, 1.165) is 28.5 Å². The van der Waals surface area contributed by atoms with Crippen molar-refractivity contribution < 1.29 is 4.74 Å². The summed E-state index contributed by atoms with van der Waals surface area (Å²) in [5, 5.41) is 4.12. The molecule has 0 saturated heterocycles. The largest absolute Gasteiger partial charge is 0.378 e. The highest BCUT2D eigenvalue weighted by Crippen LogP contribution is 2.29. The molecule has 0 atom stereocenters. The second-order valence-corrected chi connectivity index (χ2v) is 5.10. The topological polar surface area (TPSA) is 47.0 Å². The fourth-order valence-corrected chi connectivity index (χ4v) is 2.88. The van der Waals surface area contributed by atoms with Crippen LogP contribution >= 0.6 is 11.3 Å². The zero-order chi connectivity index (χ0) is 13.0. The second-order valence-electron chi connectivity index (χ2n) is 4.02. The molecule has 1 N–H and O–H groups in total. The molecule has 0 bridgehead atoms. The van der Waals surface area contributed by atoms with Gasteiger partial charge < -0.3 is 10.1 Å². The van der Waals surface area contributed by atoms with Gasteiger partial charge in [0.2, 0.25) is 0 Å². The highest BCUT2D eigenvalue weighted by atomic mass is 32.1. The van der Waals surface area contributed by atoms with Gasteiger partial charge in [0.15, 0.2) is 0 Å². The average Bonchev–Trinajstić information content (AvgIpc) is 2.74. The number of ether oxygens (including phenoxy) is 1. The summed E-state index contributed by atoms with van der Waals surface area (Å²) in [6, 6.07) is 3.99. The summed E-state index contributed by atoms with van der Waals surface area (Å²) in [7, 11) is 3.62. The highest BCUT2D eigenvalue weighted by molar-refractivity contribution is 7.15. The van der Waals surface area contributed by atoms with Crippen LogP contribution in [0.15, 0.2) is 18.3 Å². The van der Waals surface area contributed by atoms with Crippen LogP contribution in [-0.4, -0.2) is 24.1 Å². The first kappa shape index (κ1) is 13.1. The Hall–Kier alpha value is -1.30. The molecule has 2 aromatic heterocycles. The summed E-state index contributed by atoms with van der Waals surface area (Å²) in [6.07, 6.45) is 1.80. The first-order valence-corrected chi connectivity index (χ1v) is 6.62. The summed E-state index contributed by atoms with van der Waals surface area (Å²) in [5.74, 6) is 0. The number of aryl methyl sites for hydroxylation is 1. The van der Waals surface area contributed by atoms with Crippen LogP contribution in [0.2, 0.25) is 0 Å². The van der Waals surface area contributed by atoms with Crippen molar-refractivity contribution in [3.8, 4) is 10.7 Å². The number of pyridine rings is 1. The third kappa shape index (κ3) is 2.75. The molecule has 2 rings (SSSR count). The van der Waals surface area contributed by atoms with E-state index in [1.54, 1.807) is 24.6 Å². The number of hydrogen-bond donors (Lipinski definition) is 1. The molecular formula is C13H17N3OS. The van der Waals surface area contributed by atoms with Gasteiger partial charge in [0.05, 0.1) is 12.3 Å². The minimum atomic E-state index is 0.541. The zero-order valence-electron chi connectivity index (χ0n) is 10.9. The van der Waals surface area contributed by atoms with E-state index in [1.165, 1.54) is 4.88 Å². The van der Waals surface area contributed by atoms with Crippen molar-refractivity contribution in [1.29, 1.82) is 0 Å². The van der Waals surface area contributed by atoms with Gasteiger partial charge >= 0.3 is 0 Å². The zero-order valence-corrected chi connectivity index (χ0v) is 11.7. The van der Waals surface area contributed by atoms with Crippen molar-refractivity contribution in [2.45, 2.75) is 20.1 Å². The van der Waals surface area contributed by atoms with E-state index in [0.29, 0.717) is 6.61 Å². The molecule has 0 saturated carbocycles. The van der Waals surface area contributed by atoms with Gasteiger partial charge in [0, 0.05) is 24.7 Å². The summed E-state index contributed by atoms with van der Waals surface area (Å²) in [6.45, 7) is 3.40. The molecule has 2 aromatic rings. The minimum Gasteiger partial charge on any atom is -0.378 e. The molecule has 0 aliphatic rings. The minimum absolute atomic E-state index is 0.541. The average molecular weight is 263 g/mol. The predicted molar refractivity (Wildman–Crippen MR) is 73.6 cm³/mol. The molecular weight excluding hydrogens is 246 g/mol. The Bertz CT molecular complexity index is 501. The van der Waals surface area contributed by atoms with E-state index in [1.807, 2.05) is 13.1 Å². The number of rotatable bonds is 5. The third-order valence-electron chi connectivity index (χ3n) is 2.61. The van der Waals surface area contributed by atoms with Crippen molar-refractivity contribution in [2.24, 2.45) is 0 Å². The van der Waals surface area contributed by atoms with Crippen LogP contribution < -0.4 is 5.32 Å². The molecule has 0 aliphatic heterocycles. The Balaban J connectivity index is 2.40. The number of nitrogens with zero attached hydrogens (tertiary/aromatic N) is 2. The van der Waals surface area contributed by atoms with Crippen LogP contribution in [0.1, 0.15) is 16.1 Å². The summed E-state index contributed by atoms with van der Waals surface area (Å²) in [5.41, 5.74) is 3.10. The molecule has 0 aromatic carbocycles. The lowest BCUT2D eigenvalue weighted by molar-refractivity contribution is 0.181. The van der Waals surface area contributed by atoms with Crippen LogP contribution in [0.25, 0.3) is 10.7 Å². The van der Waals surface area contributed by atoms with E-state index in [-0.39, 0.29) is 0 Å². The van der Waals surface area contributed by atoms with Crippen LogP contribution in [-0.2, 0) is 17.9 Å². The van der Waals surface area contributed by atoms with Crippen LogP contribution in [0, 0.1) is 6.92 Å². The van der Waals surface area contributed by atoms with Crippen LogP contribution in [0.4, 0.5) is 0 Å². The molecule has 0 fully saturated rings. The second kappa shape index (κ2) is 6.04. The lowest BCUT2D eigenvalue weighted by atomic mass is 10.2. The monoisotopic (exact) mass is 263 g/mol. The van der Waals surface area contributed by atoms with Crippen molar-refractivity contribution in [1.82, 2.24) is 15.3 Å². The number of hydrogen-bond acceptors (Lipinski definition) is 5. The Labute approximate surface area is 111 Å². The van der Waals surface area contributed by atoms with Crippen molar-refractivity contribution in [3.05, 3.63) is 34.5 Å². The molecule has 0 amide bonds. The van der Waals surface area contributed by atoms with Gasteiger partial charge in [-0.3, -0.25) is 4.98 Å². The van der Waals surface area contributed by atoms with E-state index < -0.39 is 0 Å². The SMILES string of the molecule is CNCc1sc(-c2ncccc2C)nc1COC. The molecule has 18 heavy (non-hydrogen) atoms. The molecule has 4 nitrogen and oxygen atoms in total.